The van der Waals surface area contributed by atoms with Gasteiger partial charge in [0.25, 0.3) is 0 Å². The molecule has 8 fully saturated rings. The summed E-state index contributed by atoms with van der Waals surface area (Å²) in [5, 5.41) is 4.68. The zero-order valence-electron chi connectivity index (χ0n) is 22.8. The van der Waals surface area contributed by atoms with E-state index in [0.717, 1.165) is 58.2 Å². The van der Waals surface area contributed by atoms with Crippen LogP contribution in [0.5, 0.6) is 0 Å². The average Bonchev–Trinajstić information content (AvgIpc) is 3.33. The summed E-state index contributed by atoms with van der Waals surface area (Å²) in [4.78, 5) is 11.0. The van der Waals surface area contributed by atoms with Crippen LogP contribution in [-0.2, 0) is 17.9 Å². The highest BCUT2D eigenvalue weighted by Gasteiger charge is 2.55. The lowest BCUT2D eigenvalue weighted by Gasteiger charge is -2.58. The molecule has 4 heteroatoms. The van der Waals surface area contributed by atoms with Crippen LogP contribution in [0.1, 0.15) is 88.4 Å². The molecule has 0 spiro atoms. The monoisotopic (exact) mass is 504 g/mol. The number of benzene rings is 1. The van der Waals surface area contributed by atoms with E-state index in [1.54, 1.807) is 0 Å². The Balaban J connectivity index is 1.20. The van der Waals surface area contributed by atoms with Gasteiger partial charge < -0.3 is 0 Å². The summed E-state index contributed by atoms with van der Waals surface area (Å²) < 4.78 is 1.89. The van der Waals surface area contributed by atoms with Crippen molar-refractivity contribution in [3.8, 4) is 22.6 Å². The van der Waals surface area contributed by atoms with E-state index in [9.17, 15) is 0 Å². The summed E-state index contributed by atoms with van der Waals surface area (Å²) in [6.45, 7) is 0. The van der Waals surface area contributed by atoms with E-state index in [-0.39, 0.29) is 0 Å². The lowest BCUT2D eigenvalue weighted by Crippen LogP contribution is -2.50. The first-order chi connectivity index (χ1) is 18.5. The predicted octanol–water partition coefficient (Wildman–Crippen LogP) is 7.48. The molecule has 0 unspecified atom stereocenters. The Morgan fingerprint density at radius 2 is 1.11 bits per heavy atom. The molecule has 4 nitrogen and oxygen atoms in total. The number of aryl methyl sites for hydroxylation is 1. The van der Waals surface area contributed by atoms with Gasteiger partial charge in [0, 0.05) is 35.2 Å². The van der Waals surface area contributed by atoms with Crippen LogP contribution in [0.4, 0.5) is 0 Å². The van der Waals surface area contributed by atoms with E-state index in [1.807, 2.05) is 17.9 Å². The molecule has 0 saturated heterocycles. The van der Waals surface area contributed by atoms with Crippen molar-refractivity contribution in [3.63, 3.8) is 0 Å². The van der Waals surface area contributed by atoms with Crippen LogP contribution < -0.4 is 0 Å². The highest BCUT2D eigenvalue weighted by molar-refractivity contribution is 5.68. The Morgan fingerprint density at radius 1 is 0.632 bits per heavy atom. The lowest BCUT2D eigenvalue weighted by molar-refractivity contribution is -0.0110. The van der Waals surface area contributed by atoms with Crippen LogP contribution in [0.3, 0.4) is 0 Å². The fraction of sp³-hybridized carbons (Fsp3) is 0.618. The highest BCUT2D eigenvalue weighted by atomic mass is 15.2. The molecule has 2 aromatic heterocycles. The molecule has 8 bridgehead atoms. The molecule has 8 aliphatic rings. The van der Waals surface area contributed by atoms with Crippen molar-refractivity contribution in [2.75, 3.05) is 0 Å². The van der Waals surface area contributed by atoms with Crippen molar-refractivity contribution in [3.05, 3.63) is 54.0 Å². The summed E-state index contributed by atoms with van der Waals surface area (Å²) in [6, 6.07) is 13.5. The van der Waals surface area contributed by atoms with Crippen molar-refractivity contribution in [1.29, 1.82) is 0 Å². The van der Waals surface area contributed by atoms with Gasteiger partial charge in [-0.1, -0.05) is 18.2 Å². The van der Waals surface area contributed by atoms with Gasteiger partial charge in [-0.05, 0) is 131 Å². The second-order valence-corrected chi connectivity index (χ2v) is 14.8. The molecule has 196 valence electrons. The van der Waals surface area contributed by atoms with Crippen molar-refractivity contribution < 1.29 is 0 Å². The third kappa shape index (κ3) is 3.37. The quantitative estimate of drug-likeness (QED) is 0.370. The number of hydrogen-bond donors (Lipinski definition) is 0. The number of aromatic nitrogens is 4. The number of nitrogens with zero attached hydrogens (tertiary/aromatic N) is 4. The Bertz CT molecular complexity index is 1280. The van der Waals surface area contributed by atoms with Gasteiger partial charge in [0.15, 0.2) is 5.82 Å². The molecular formula is C34H40N4. The lowest BCUT2D eigenvalue weighted by atomic mass is 9.47. The molecule has 11 rings (SSSR count). The summed E-state index contributed by atoms with van der Waals surface area (Å²) in [6.07, 6.45) is 19.1. The van der Waals surface area contributed by atoms with Crippen molar-refractivity contribution in [1.82, 2.24) is 19.7 Å². The zero-order valence-corrected chi connectivity index (χ0v) is 22.8. The van der Waals surface area contributed by atoms with Crippen LogP contribution >= 0.6 is 0 Å². The first kappa shape index (κ1) is 22.3. The van der Waals surface area contributed by atoms with Gasteiger partial charge in [0.05, 0.1) is 17.1 Å². The zero-order chi connectivity index (χ0) is 25.1. The van der Waals surface area contributed by atoms with Crippen LogP contribution in [0, 0.1) is 35.5 Å². The second kappa shape index (κ2) is 7.79. The highest BCUT2D eigenvalue weighted by Crippen LogP contribution is 2.63. The predicted molar refractivity (Wildman–Crippen MR) is 149 cm³/mol. The third-order valence-corrected chi connectivity index (χ3v) is 12.0. The standard InChI is InChI=1S/C34H40N4/c1-38-6-5-29(37-38)27-3-2-4-28(13-27)32-35-30(33-15-21-7-22(16-33)9-23(8-21)17-33)14-31(36-32)34-18-24-10-25(19-34)12-26(11-24)20-34/h2-6,13-14,21-26H,7-12,15-20H2,1H3. The molecule has 8 saturated carbocycles. The maximum absolute atomic E-state index is 5.52. The largest absolute Gasteiger partial charge is 0.275 e. The van der Waals surface area contributed by atoms with Gasteiger partial charge in [-0.3, -0.25) is 4.68 Å². The molecule has 8 aliphatic carbocycles. The Hall–Kier alpha value is -2.49. The normalized spacial score (nSPS) is 40.2. The maximum Gasteiger partial charge on any atom is 0.159 e. The SMILES string of the molecule is Cn1ccc(-c2cccc(-c3nc(C45CC6CC(CC(C6)C4)C5)cc(C45CC6CC(CC(C6)C4)C5)n3)c2)n1. The van der Waals surface area contributed by atoms with Crippen LogP contribution in [-0.4, -0.2) is 19.7 Å². The Morgan fingerprint density at radius 3 is 1.55 bits per heavy atom. The van der Waals surface area contributed by atoms with Gasteiger partial charge in [0.1, 0.15) is 0 Å². The maximum atomic E-state index is 5.52. The van der Waals surface area contributed by atoms with E-state index in [4.69, 9.17) is 9.97 Å². The van der Waals surface area contributed by atoms with Crippen molar-refractivity contribution in [2.24, 2.45) is 42.6 Å². The van der Waals surface area contributed by atoms with E-state index >= 15 is 0 Å². The Kier molecular flexibility index (Phi) is 4.58. The molecule has 38 heavy (non-hydrogen) atoms. The van der Waals surface area contributed by atoms with Crippen molar-refractivity contribution >= 4 is 0 Å². The topological polar surface area (TPSA) is 43.6 Å². The second-order valence-electron chi connectivity index (χ2n) is 14.8. The first-order valence-electron chi connectivity index (χ1n) is 15.5. The third-order valence-electron chi connectivity index (χ3n) is 12.0. The molecule has 1 aromatic carbocycles. The molecule has 3 aromatic rings. The molecule has 0 aliphatic heterocycles. The van der Waals surface area contributed by atoms with Crippen LogP contribution in [0.15, 0.2) is 42.6 Å². The van der Waals surface area contributed by atoms with Gasteiger partial charge in [-0.2, -0.15) is 5.10 Å². The summed E-state index contributed by atoms with van der Waals surface area (Å²) >= 11 is 0. The fourth-order valence-corrected chi connectivity index (χ4v) is 11.4. The molecule has 0 N–H and O–H groups in total. The van der Waals surface area contributed by atoms with Gasteiger partial charge in [-0.15, -0.1) is 0 Å². The minimum Gasteiger partial charge on any atom is -0.275 e. The van der Waals surface area contributed by atoms with E-state index < -0.39 is 0 Å². The molecular weight excluding hydrogens is 464 g/mol. The summed E-state index contributed by atoms with van der Waals surface area (Å²) in [5.41, 5.74) is 6.75. The number of hydrogen-bond acceptors (Lipinski definition) is 3. The van der Waals surface area contributed by atoms with Crippen LogP contribution in [0.2, 0.25) is 0 Å². The van der Waals surface area contributed by atoms with E-state index in [0.29, 0.717) is 10.8 Å². The van der Waals surface area contributed by atoms with Crippen molar-refractivity contribution in [2.45, 2.75) is 87.9 Å². The molecule has 0 atom stereocenters. The first-order valence-corrected chi connectivity index (χ1v) is 15.5. The minimum atomic E-state index is 0.294. The Labute approximate surface area is 226 Å². The summed E-state index contributed by atoms with van der Waals surface area (Å²) in [5.74, 6) is 6.53. The van der Waals surface area contributed by atoms with Gasteiger partial charge >= 0.3 is 0 Å². The van der Waals surface area contributed by atoms with E-state index in [2.05, 4.69) is 41.5 Å². The fourth-order valence-electron chi connectivity index (χ4n) is 11.4. The number of rotatable bonds is 4. The van der Waals surface area contributed by atoms with Gasteiger partial charge in [-0.25, -0.2) is 9.97 Å². The van der Waals surface area contributed by atoms with Crippen LogP contribution in [0.25, 0.3) is 22.6 Å². The minimum absolute atomic E-state index is 0.294. The van der Waals surface area contributed by atoms with E-state index in [1.165, 1.54) is 88.4 Å². The molecule has 0 radical (unpaired) electrons. The molecule has 0 amide bonds. The average molecular weight is 505 g/mol. The summed E-state index contributed by atoms with van der Waals surface area (Å²) in [7, 11) is 1.99. The smallest absolute Gasteiger partial charge is 0.159 e. The molecule has 2 heterocycles. The van der Waals surface area contributed by atoms with Gasteiger partial charge in [0.2, 0.25) is 0 Å².